The lowest BCUT2D eigenvalue weighted by atomic mass is 10.2. The molecule has 0 spiro atoms. The molecule has 1 aromatic carbocycles. The van der Waals surface area contributed by atoms with Gasteiger partial charge in [0.05, 0.1) is 17.6 Å². The number of rotatable bonds is 3. The van der Waals surface area contributed by atoms with E-state index < -0.39 is 11.0 Å². The Hall–Kier alpha value is -2.39. The Morgan fingerprint density at radius 2 is 2.14 bits per heavy atom. The molecule has 0 bridgehead atoms. The quantitative estimate of drug-likeness (QED) is 0.870. The molecule has 0 saturated heterocycles. The smallest absolute Gasteiger partial charge is 0.154 e. The molecule has 21 heavy (non-hydrogen) atoms. The SMILES string of the molecule is COc1ccc(S(=O)N2CCc3cc(C#N)cnc32)cc1. The first kappa shape index (κ1) is 13.6. The summed E-state index contributed by atoms with van der Waals surface area (Å²) in [6.07, 6.45) is 2.27. The second-order valence-corrected chi connectivity index (χ2v) is 6.01. The van der Waals surface area contributed by atoms with Gasteiger partial charge in [-0.1, -0.05) is 0 Å². The van der Waals surface area contributed by atoms with Crippen molar-refractivity contribution >= 4 is 16.8 Å². The lowest BCUT2D eigenvalue weighted by Gasteiger charge is -2.17. The maximum atomic E-state index is 12.7. The van der Waals surface area contributed by atoms with Crippen molar-refractivity contribution in [3.63, 3.8) is 0 Å². The largest absolute Gasteiger partial charge is 0.497 e. The second-order valence-electron chi connectivity index (χ2n) is 4.60. The highest BCUT2D eigenvalue weighted by Crippen LogP contribution is 2.29. The zero-order chi connectivity index (χ0) is 14.8. The third kappa shape index (κ3) is 2.48. The van der Waals surface area contributed by atoms with Crippen molar-refractivity contribution < 1.29 is 8.95 Å². The number of anilines is 1. The summed E-state index contributed by atoms with van der Waals surface area (Å²) in [6, 6.07) is 11.0. The Morgan fingerprint density at radius 3 is 2.81 bits per heavy atom. The molecule has 2 aromatic rings. The van der Waals surface area contributed by atoms with Gasteiger partial charge >= 0.3 is 0 Å². The Morgan fingerprint density at radius 1 is 1.38 bits per heavy atom. The predicted octanol–water partition coefficient (Wildman–Crippen LogP) is 2.05. The molecule has 1 unspecified atom stereocenters. The third-order valence-corrected chi connectivity index (χ3v) is 4.78. The zero-order valence-corrected chi connectivity index (χ0v) is 12.3. The monoisotopic (exact) mass is 299 g/mol. The maximum absolute atomic E-state index is 12.7. The summed E-state index contributed by atoms with van der Waals surface area (Å²) < 4.78 is 19.5. The van der Waals surface area contributed by atoms with Gasteiger partial charge in [-0.05, 0) is 42.3 Å². The van der Waals surface area contributed by atoms with Crippen LogP contribution in [0.4, 0.5) is 5.82 Å². The molecule has 1 aliphatic rings. The highest BCUT2D eigenvalue weighted by atomic mass is 32.2. The van der Waals surface area contributed by atoms with Gasteiger partial charge < -0.3 is 4.74 Å². The van der Waals surface area contributed by atoms with Gasteiger partial charge in [0.1, 0.15) is 17.6 Å². The first-order chi connectivity index (χ1) is 10.2. The van der Waals surface area contributed by atoms with Gasteiger partial charge in [0.15, 0.2) is 11.0 Å². The van der Waals surface area contributed by atoms with E-state index in [0.29, 0.717) is 22.8 Å². The molecule has 2 heterocycles. The highest BCUT2D eigenvalue weighted by molar-refractivity contribution is 7.86. The average Bonchev–Trinajstić information content (AvgIpc) is 2.97. The minimum absolute atomic E-state index is 0.533. The number of methoxy groups -OCH3 is 1. The van der Waals surface area contributed by atoms with Crippen LogP contribution in [0.25, 0.3) is 0 Å². The molecule has 5 nitrogen and oxygen atoms in total. The molecular formula is C15H13N3O2S. The highest BCUT2D eigenvalue weighted by Gasteiger charge is 2.26. The fraction of sp³-hybridized carbons (Fsp3) is 0.200. The molecule has 3 rings (SSSR count). The first-order valence-electron chi connectivity index (χ1n) is 6.45. The van der Waals surface area contributed by atoms with Gasteiger partial charge in [-0.2, -0.15) is 5.26 Å². The first-order valence-corrected chi connectivity index (χ1v) is 7.56. The van der Waals surface area contributed by atoms with Crippen molar-refractivity contribution in [2.24, 2.45) is 0 Å². The van der Waals surface area contributed by atoms with Gasteiger partial charge in [-0.25, -0.2) is 9.19 Å². The predicted molar refractivity (Wildman–Crippen MR) is 79.4 cm³/mol. The van der Waals surface area contributed by atoms with Crippen molar-refractivity contribution in [2.45, 2.75) is 11.3 Å². The molecule has 0 radical (unpaired) electrons. The van der Waals surface area contributed by atoms with E-state index in [-0.39, 0.29) is 0 Å². The Balaban J connectivity index is 1.89. The Labute approximate surface area is 125 Å². The standard InChI is InChI=1S/C15H13N3O2S/c1-20-13-2-4-14(5-3-13)21(19)18-7-6-12-8-11(9-16)10-17-15(12)18/h2-5,8,10H,6-7H2,1H3. The number of hydrogen-bond acceptors (Lipinski definition) is 4. The molecule has 1 aromatic heterocycles. The van der Waals surface area contributed by atoms with Crippen molar-refractivity contribution in [1.29, 1.82) is 5.26 Å². The van der Waals surface area contributed by atoms with Crippen LogP contribution in [0.15, 0.2) is 41.4 Å². The summed E-state index contributed by atoms with van der Waals surface area (Å²) in [5.74, 6) is 1.43. The van der Waals surface area contributed by atoms with Crippen LogP contribution < -0.4 is 9.04 Å². The molecule has 0 aliphatic carbocycles. The van der Waals surface area contributed by atoms with Crippen molar-refractivity contribution in [3.05, 3.63) is 47.7 Å². The second kappa shape index (κ2) is 5.54. The van der Waals surface area contributed by atoms with Crippen LogP contribution in [-0.4, -0.2) is 22.8 Å². The van der Waals surface area contributed by atoms with E-state index in [9.17, 15) is 4.21 Å². The zero-order valence-electron chi connectivity index (χ0n) is 11.4. The maximum Gasteiger partial charge on any atom is 0.154 e. The number of benzene rings is 1. The van der Waals surface area contributed by atoms with Gasteiger partial charge in [-0.15, -0.1) is 0 Å². The number of hydrogen-bond donors (Lipinski definition) is 0. The average molecular weight is 299 g/mol. The molecule has 0 amide bonds. The third-order valence-electron chi connectivity index (χ3n) is 3.35. The lowest BCUT2D eigenvalue weighted by molar-refractivity contribution is 0.414. The molecule has 0 saturated carbocycles. The van der Waals surface area contributed by atoms with Crippen LogP contribution in [0.2, 0.25) is 0 Å². The van der Waals surface area contributed by atoms with Crippen LogP contribution >= 0.6 is 0 Å². The van der Waals surface area contributed by atoms with E-state index in [2.05, 4.69) is 11.1 Å². The molecule has 6 heteroatoms. The van der Waals surface area contributed by atoms with Crippen LogP contribution in [0.1, 0.15) is 11.1 Å². The molecule has 1 atom stereocenters. The van der Waals surface area contributed by atoms with Crippen molar-refractivity contribution in [3.8, 4) is 11.8 Å². The summed E-state index contributed by atoms with van der Waals surface area (Å²) in [5, 5.41) is 8.90. The molecule has 106 valence electrons. The number of aromatic nitrogens is 1. The van der Waals surface area contributed by atoms with Crippen LogP contribution in [0, 0.1) is 11.3 Å². The molecule has 0 N–H and O–H groups in total. The van der Waals surface area contributed by atoms with E-state index >= 15 is 0 Å². The fourth-order valence-corrected chi connectivity index (χ4v) is 3.48. The Kier molecular flexibility index (Phi) is 3.59. The fourth-order valence-electron chi connectivity index (χ4n) is 2.28. The van der Waals surface area contributed by atoms with Crippen molar-refractivity contribution in [1.82, 2.24) is 4.98 Å². The van der Waals surface area contributed by atoms with E-state index in [4.69, 9.17) is 10.00 Å². The Bertz CT molecular complexity index is 738. The van der Waals surface area contributed by atoms with E-state index in [0.717, 1.165) is 17.7 Å². The summed E-state index contributed by atoms with van der Waals surface area (Å²) in [6.45, 7) is 0.635. The topological polar surface area (TPSA) is 66.2 Å². The van der Waals surface area contributed by atoms with E-state index in [1.165, 1.54) is 6.20 Å². The normalized spacial score (nSPS) is 14.4. The van der Waals surface area contributed by atoms with Gasteiger partial charge in [-0.3, -0.25) is 4.31 Å². The minimum Gasteiger partial charge on any atom is -0.497 e. The summed E-state index contributed by atoms with van der Waals surface area (Å²) in [5.41, 5.74) is 1.50. The van der Waals surface area contributed by atoms with E-state index in [1.54, 1.807) is 35.7 Å². The van der Waals surface area contributed by atoms with E-state index in [1.807, 2.05) is 6.07 Å². The summed E-state index contributed by atoms with van der Waals surface area (Å²) >= 11 is 0. The van der Waals surface area contributed by atoms with Crippen LogP contribution in [0.3, 0.4) is 0 Å². The van der Waals surface area contributed by atoms with Gasteiger partial charge in [0.25, 0.3) is 0 Å². The number of nitriles is 1. The summed E-state index contributed by atoms with van der Waals surface area (Å²) in [4.78, 5) is 4.98. The summed E-state index contributed by atoms with van der Waals surface area (Å²) in [7, 11) is 0.290. The molecular weight excluding hydrogens is 286 g/mol. The van der Waals surface area contributed by atoms with Crippen LogP contribution in [-0.2, 0) is 17.4 Å². The molecule has 1 aliphatic heterocycles. The minimum atomic E-state index is -1.31. The number of nitrogens with zero attached hydrogens (tertiary/aromatic N) is 3. The number of ether oxygens (including phenoxy) is 1. The van der Waals surface area contributed by atoms with Crippen molar-refractivity contribution in [2.75, 3.05) is 18.0 Å². The number of pyridine rings is 1. The van der Waals surface area contributed by atoms with Gasteiger partial charge in [0, 0.05) is 12.7 Å². The number of fused-ring (bicyclic) bond motifs is 1. The van der Waals surface area contributed by atoms with Gasteiger partial charge in [0.2, 0.25) is 0 Å². The van der Waals surface area contributed by atoms with Crippen LogP contribution in [0.5, 0.6) is 5.75 Å². The molecule has 0 fully saturated rings. The lowest BCUT2D eigenvalue weighted by Crippen LogP contribution is -2.24.